The summed E-state index contributed by atoms with van der Waals surface area (Å²) in [6.07, 6.45) is 1.44. The zero-order valence-corrected chi connectivity index (χ0v) is 17.6. The molecular formula is C19H25N7O3S. The Morgan fingerprint density at radius 1 is 1.23 bits per heavy atom. The van der Waals surface area contributed by atoms with Crippen LogP contribution >= 0.6 is 0 Å². The first-order chi connectivity index (χ1) is 14.5. The number of hydrogen-bond acceptors (Lipinski definition) is 9. The second-order valence-electron chi connectivity index (χ2n) is 6.60. The molecule has 2 heterocycles. The summed E-state index contributed by atoms with van der Waals surface area (Å²) in [5.41, 5.74) is 0.987. The van der Waals surface area contributed by atoms with Gasteiger partial charge in [-0.2, -0.15) is 10.2 Å². The fraction of sp³-hybridized carbons (Fsp3) is 0.421. The summed E-state index contributed by atoms with van der Waals surface area (Å²) in [4.78, 5) is 10.7. The van der Waals surface area contributed by atoms with E-state index in [-0.39, 0.29) is 4.90 Å². The molecule has 0 aliphatic carbocycles. The summed E-state index contributed by atoms with van der Waals surface area (Å²) in [7, 11) is -3.59. The number of morpholine rings is 1. The van der Waals surface area contributed by atoms with E-state index in [1.165, 1.54) is 18.3 Å². The van der Waals surface area contributed by atoms with Gasteiger partial charge in [-0.05, 0) is 31.2 Å². The molecule has 3 rings (SSSR count). The SMILES string of the molecule is CCNc1nc(Nc2ccc(S(=O)(=O)NCCN3CCOCC3)cc2)ncc1C#N. The lowest BCUT2D eigenvalue weighted by Gasteiger charge is -2.26. The molecule has 1 aliphatic rings. The molecule has 0 bridgehead atoms. The molecule has 3 N–H and O–H groups in total. The molecule has 1 aliphatic heterocycles. The van der Waals surface area contributed by atoms with Gasteiger partial charge < -0.3 is 15.4 Å². The highest BCUT2D eigenvalue weighted by Gasteiger charge is 2.16. The molecule has 10 nitrogen and oxygen atoms in total. The second-order valence-corrected chi connectivity index (χ2v) is 8.37. The standard InChI is InChI=1S/C19H25N7O3S/c1-2-21-18-15(13-20)14-22-19(25-18)24-16-3-5-17(6-4-16)30(27,28)23-7-8-26-9-11-29-12-10-26/h3-6,14,23H,2,7-12H2,1H3,(H2,21,22,24,25). The Hall–Kier alpha value is -2.78. The third-order valence-corrected chi connectivity index (χ3v) is 5.97. The van der Waals surface area contributed by atoms with Crippen molar-refractivity contribution in [3.05, 3.63) is 36.0 Å². The van der Waals surface area contributed by atoms with Crippen LogP contribution in [0.3, 0.4) is 0 Å². The number of aromatic nitrogens is 2. The van der Waals surface area contributed by atoms with Crippen molar-refractivity contribution in [1.82, 2.24) is 19.6 Å². The summed E-state index contributed by atoms with van der Waals surface area (Å²) >= 11 is 0. The van der Waals surface area contributed by atoms with Crippen molar-refractivity contribution < 1.29 is 13.2 Å². The van der Waals surface area contributed by atoms with Gasteiger partial charge in [0.25, 0.3) is 0 Å². The van der Waals surface area contributed by atoms with Gasteiger partial charge >= 0.3 is 0 Å². The van der Waals surface area contributed by atoms with Crippen molar-refractivity contribution in [2.75, 3.05) is 56.6 Å². The predicted octanol–water partition coefficient (Wildman–Crippen LogP) is 1.13. The number of nitrogens with one attached hydrogen (secondary N) is 3. The van der Waals surface area contributed by atoms with E-state index in [2.05, 4.69) is 30.2 Å². The van der Waals surface area contributed by atoms with Crippen LogP contribution in [0.2, 0.25) is 0 Å². The molecule has 1 aromatic heterocycles. The monoisotopic (exact) mass is 431 g/mol. The summed E-state index contributed by atoms with van der Waals surface area (Å²) in [6, 6.07) is 8.37. The number of nitrogens with zero attached hydrogens (tertiary/aromatic N) is 4. The Bertz CT molecular complexity index is 984. The Balaban J connectivity index is 1.60. The molecule has 0 saturated carbocycles. The summed E-state index contributed by atoms with van der Waals surface area (Å²) < 4.78 is 32.9. The van der Waals surface area contributed by atoms with Crippen LogP contribution in [0.4, 0.5) is 17.5 Å². The first kappa shape index (κ1) is 21.9. The van der Waals surface area contributed by atoms with Crippen molar-refractivity contribution in [2.45, 2.75) is 11.8 Å². The lowest BCUT2D eigenvalue weighted by atomic mass is 10.3. The number of benzene rings is 1. The van der Waals surface area contributed by atoms with Crippen molar-refractivity contribution >= 4 is 27.5 Å². The minimum atomic E-state index is -3.59. The van der Waals surface area contributed by atoms with Crippen LogP contribution in [-0.4, -0.2) is 69.2 Å². The third-order valence-electron chi connectivity index (χ3n) is 4.50. The van der Waals surface area contributed by atoms with Crippen molar-refractivity contribution in [2.24, 2.45) is 0 Å². The van der Waals surface area contributed by atoms with E-state index in [9.17, 15) is 8.42 Å². The van der Waals surface area contributed by atoms with Gasteiger partial charge in [0.1, 0.15) is 17.5 Å². The van der Waals surface area contributed by atoms with Crippen LogP contribution in [0.25, 0.3) is 0 Å². The quantitative estimate of drug-likeness (QED) is 0.534. The molecule has 0 atom stereocenters. The van der Waals surface area contributed by atoms with Gasteiger partial charge in [-0.15, -0.1) is 0 Å². The molecule has 1 saturated heterocycles. The van der Waals surface area contributed by atoms with Gasteiger partial charge in [-0.1, -0.05) is 0 Å². The minimum Gasteiger partial charge on any atom is -0.379 e. The number of ether oxygens (including phenoxy) is 1. The maximum absolute atomic E-state index is 12.5. The Labute approximate surface area is 176 Å². The first-order valence-corrected chi connectivity index (χ1v) is 11.2. The normalized spacial score (nSPS) is 14.8. The highest BCUT2D eigenvalue weighted by molar-refractivity contribution is 7.89. The minimum absolute atomic E-state index is 0.184. The van der Waals surface area contributed by atoms with E-state index in [0.29, 0.717) is 55.9 Å². The maximum atomic E-state index is 12.5. The zero-order chi connectivity index (χ0) is 21.4. The lowest BCUT2D eigenvalue weighted by Crippen LogP contribution is -2.41. The molecule has 0 unspecified atom stereocenters. The van der Waals surface area contributed by atoms with E-state index in [1.807, 2.05) is 13.0 Å². The number of rotatable bonds is 9. The van der Waals surface area contributed by atoms with Crippen LogP contribution in [0.1, 0.15) is 12.5 Å². The Kier molecular flexibility index (Phi) is 7.53. The number of sulfonamides is 1. The molecule has 1 aromatic carbocycles. The average Bonchev–Trinajstić information content (AvgIpc) is 2.75. The summed E-state index contributed by atoms with van der Waals surface area (Å²) in [5.74, 6) is 0.755. The van der Waals surface area contributed by atoms with Crippen LogP contribution < -0.4 is 15.4 Å². The zero-order valence-electron chi connectivity index (χ0n) is 16.8. The molecule has 0 spiro atoms. The number of nitriles is 1. The summed E-state index contributed by atoms with van der Waals surface area (Å²) in [5, 5.41) is 15.1. The smallest absolute Gasteiger partial charge is 0.240 e. The second kappa shape index (κ2) is 10.3. The van der Waals surface area contributed by atoms with E-state index < -0.39 is 10.0 Å². The molecule has 160 valence electrons. The van der Waals surface area contributed by atoms with E-state index in [4.69, 9.17) is 10.00 Å². The van der Waals surface area contributed by atoms with E-state index in [0.717, 1.165) is 13.1 Å². The highest BCUT2D eigenvalue weighted by Crippen LogP contribution is 2.19. The molecule has 11 heteroatoms. The average molecular weight is 432 g/mol. The Morgan fingerprint density at radius 3 is 2.63 bits per heavy atom. The van der Waals surface area contributed by atoms with Crippen LogP contribution in [-0.2, 0) is 14.8 Å². The van der Waals surface area contributed by atoms with E-state index in [1.54, 1.807) is 12.1 Å². The van der Waals surface area contributed by atoms with Crippen LogP contribution in [0, 0.1) is 11.3 Å². The molecule has 30 heavy (non-hydrogen) atoms. The topological polar surface area (TPSA) is 132 Å². The van der Waals surface area contributed by atoms with Gasteiger partial charge in [0.2, 0.25) is 16.0 Å². The van der Waals surface area contributed by atoms with Gasteiger partial charge in [0, 0.05) is 38.4 Å². The van der Waals surface area contributed by atoms with Gasteiger partial charge in [0.15, 0.2) is 0 Å². The summed E-state index contributed by atoms with van der Waals surface area (Å²) in [6.45, 7) is 6.51. The lowest BCUT2D eigenvalue weighted by molar-refractivity contribution is 0.0390. The van der Waals surface area contributed by atoms with Gasteiger partial charge in [0.05, 0.1) is 24.3 Å². The van der Waals surface area contributed by atoms with Crippen LogP contribution in [0.15, 0.2) is 35.4 Å². The predicted molar refractivity (Wildman–Crippen MR) is 113 cm³/mol. The van der Waals surface area contributed by atoms with Crippen LogP contribution in [0.5, 0.6) is 0 Å². The highest BCUT2D eigenvalue weighted by atomic mass is 32.2. The molecule has 0 radical (unpaired) electrons. The first-order valence-electron chi connectivity index (χ1n) is 9.69. The van der Waals surface area contributed by atoms with Gasteiger partial charge in [-0.25, -0.2) is 18.1 Å². The molecule has 0 amide bonds. The molecular weight excluding hydrogens is 406 g/mol. The fourth-order valence-electron chi connectivity index (χ4n) is 2.92. The third kappa shape index (κ3) is 5.87. The van der Waals surface area contributed by atoms with E-state index >= 15 is 0 Å². The van der Waals surface area contributed by atoms with Crippen molar-refractivity contribution in [3.63, 3.8) is 0 Å². The number of hydrogen-bond donors (Lipinski definition) is 3. The molecule has 2 aromatic rings. The van der Waals surface area contributed by atoms with Crippen molar-refractivity contribution in [1.29, 1.82) is 5.26 Å². The fourth-order valence-corrected chi connectivity index (χ4v) is 3.94. The maximum Gasteiger partial charge on any atom is 0.240 e. The Morgan fingerprint density at radius 2 is 1.97 bits per heavy atom. The number of anilines is 3. The van der Waals surface area contributed by atoms with Gasteiger partial charge in [-0.3, -0.25) is 4.90 Å². The molecule has 1 fully saturated rings. The largest absolute Gasteiger partial charge is 0.379 e. The van der Waals surface area contributed by atoms with Crippen molar-refractivity contribution in [3.8, 4) is 6.07 Å².